The molecule has 0 aliphatic carbocycles. The van der Waals surface area contributed by atoms with Crippen molar-refractivity contribution in [2.24, 2.45) is 5.73 Å². The second kappa shape index (κ2) is 6.32. The Hall–Kier alpha value is -1.66. The first-order valence-corrected chi connectivity index (χ1v) is 5.79. The first kappa shape index (κ1) is 14.4. The molecule has 1 rings (SSSR count). The minimum atomic E-state index is -1.02. The molecule has 0 aromatic heterocycles. The van der Waals surface area contributed by atoms with Gasteiger partial charge in [-0.3, -0.25) is 9.59 Å². The largest absolute Gasteiger partial charge is 0.481 e. The quantitative estimate of drug-likeness (QED) is 0.718. The van der Waals surface area contributed by atoms with Crippen LogP contribution in [0.25, 0.3) is 0 Å². The highest BCUT2D eigenvalue weighted by atomic mass is 35.5. The number of anilines is 1. The lowest BCUT2D eigenvalue weighted by Gasteiger charge is -2.07. The first-order chi connectivity index (χ1) is 8.40. The van der Waals surface area contributed by atoms with Crippen molar-refractivity contribution in [3.05, 3.63) is 28.8 Å². The summed E-state index contributed by atoms with van der Waals surface area (Å²) in [6, 6.07) is 4.70. The molecule has 0 aliphatic rings. The van der Waals surface area contributed by atoms with Crippen LogP contribution in [0, 0.1) is 0 Å². The minimum Gasteiger partial charge on any atom is -0.481 e. The number of hydrogen-bond acceptors (Lipinski definition) is 3. The maximum absolute atomic E-state index is 11.4. The summed E-state index contributed by atoms with van der Waals surface area (Å²) in [5, 5.41) is 11.3. The van der Waals surface area contributed by atoms with Gasteiger partial charge in [0.25, 0.3) is 0 Å². The SMILES string of the molecule is NC(=S)c1ccc(NC(=O)CCC(=O)O)cc1Cl. The second-order valence-electron chi connectivity index (χ2n) is 3.50. The molecule has 0 unspecified atom stereocenters. The van der Waals surface area contributed by atoms with Crippen molar-refractivity contribution in [3.8, 4) is 0 Å². The molecule has 1 aromatic carbocycles. The molecule has 0 heterocycles. The molecule has 1 aromatic rings. The van der Waals surface area contributed by atoms with Crippen LogP contribution in [-0.2, 0) is 9.59 Å². The van der Waals surface area contributed by atoms with E-state index < -0.39 is 11.9 Å². The highest BCUT2D eigenvalue weighted by Gasteiger charge is 2.08. The van der Waals surface area contributed by atoms with Gasteiger partial charge in [0.1, 0.15) is 4.99 Å². The van der Waals surface area contributed by atoms with Crippen molar-refractivity contribution < 1.29 is 14.7 Å². The Labute approximate surface area is 114 Å². The Balaban J connectivity index is 2.69. The predicted octanol–water partition coefficient (Wildman–Crippen LogP) is 1.78. The van der Waals surface area contributed by atoms with Crippen LogP contribution in [0.4, 0.5) is 5.69 Å². The molecule has 7 heteroatoms. The standard InChI is InChI=1S/C11H11ClN2O3S/c12-8-5-6(1-2-7(8)11(13)18)14-9(15)3-4-10(16)17/h1-2,5H,3-4H2,(H2,13,18)(H,14,15)(H,16,17). The number of carboxylic acid groups (broad SMARTS) is 1. The van der Waals surface area contributed by atoms with E-state index in [1.807, 2.05) is 0 Å². The molecule has 0 saturated heterocycles. The highest BCUT2D eigenvalue weighted by Crippen LogP contribution is 2.21. The van der Waals surface area contributed by atoms with Crippen molar-refractivity contribution in [2.75, 3.05) is 5.32 Å². The molecule has 0 aliphatic heterocycles. The van der Waals surface area contributed by atoms with Crippen molar-refractivity contribution in [1.82, 2.24) is 0 Å². The van der Waals surface area contributed by atoms with Crippen LogP contribution in [0.5, 0.6) is 0 Å². The van der Waals surface area contributed by atoms with Gasteiger partial charge in [-0.15, -0.1) is 0 Å². The van der Waals surface area contributed by atoms with Gasteiger partial charge in [0.05, 0.1) is 11.4 Å². The Bertz CT molecular complexity index is 505. The third-order valence-corrected chi connectivity index (χ3v) is 2.62. The van der Waals surface area contributed by atoms with Crippen molar-refractivity contribution in [2.45, 2.75) is 12.8 Å². The lowest BCUT2D eigenvalue weighted by molar-refractivity contribution is -0.138. The summed E-state index contributed by atoms with van der Waals surface area (Å²) in [5.74, 6) is -1.41. The lowest BCUT2D eigenvalue weighted by atomic mass is 10.2. The van der Waals surface area contributed by atoms with Gasteiger partial charge < -0.3 is 16.2 Å². The molecule has 5 nitrogen and oxygen atoms in total. The van der Waals surface area contributed by atoms with Crippen LogP contribution >= 0.6 is 23.8 Å². The number of amides is 1. The molecule has 0 saturated carbocycles. The number of carbonyl (C=O) groups is 2. The summed E-state index contributed by atoms with van der Waals surface area (Å²) in [6.07, 6.45) is -0.311. The van der Waals surface area contributed by atoms with Crippen molar-refractivity contribution in [1.29, 1.82) is 0 Å². The van der Waals surface area contributed by atoms with E-state index >= 15 is 0 Å². The summed E-state index contributed by atoms with van der Waals surface area (Å²) in [5.41, 5.74) is 6.43. The first-order valence-electron chi connectivity index (χ1n) is 5.01. The van der Waals surface area contributed by atoms with Crippen LogP contribution < -0.4 is 11.1 Å². The molecule has 1 amide bonds. The third-order valence-electron chi connectivity index (χ3n) is 2.08. The number of rotatable bonds is 5. The van der Waals surface area contributed by atoms with Gasteiger partial charge in [0, 0.05) is 17.7 Å². The third kappa shape index (κ3) is 4.31. The average Bonchev–Trinajstić information content (AvgIpc) is 2.26. The summed E-state index contributed by atoms with van der Waals surface area (Å²) in [4.78, 5) is 21.8. The number of thiocarbonyl (C=S) groups is 1. The van der Waals surface area contributed by atoms with E-state index in [9.17, 15) is 9.59 Å². The fourth-order valence-electron chi connectivity index (χ4n) is 1.24. The van der Waals surface area contributed by atoms with Crippen LogP contribution in [-0.4, -0.2) is 22.0 Å². The smallest absolute Gasteiger partial charge is 0.303 e. The van der Waals surface area contributed by atoms with Crippen molar-refractivity contribution >= 4 is 46.4 Å². The number of halogens is 1. The van der Waals surface area contributed by atoms with Crippen LogP contribution in [0.1, 0.15) is 18.4 Å². The lowest BCUT2D eigenvalue weighted by Crippen LogP contribution is -2.14. The zero-order valence-corrected chi connectivity index (χ0v) is 10.8. The number of carbonyl (C=O) groups excluding carboxylic acids is 1. The maximum atomic E-state index is 11.4. The Morgan fingerprint density at radius 1 is 1.39 bits per heavy atom. The van der Waals surface area contributed by atoms with Gasteiger partial charge in [0.2, 0.25) is 5.91 Å². The van der Waals surface area contributed by atoms with Gasteiger partial charge >= 0.3 is 5.97 Å². The van der Waals surface area contributed by atoms with E-state index in [2.05, 4.69) is 5.32 Å². The molecular formula is C11H11ClN2O3S. The number of nitrogens with one attached hydrogen (secondary N) is 1. The Morgan fingerprint density at radius 2 is 2.06 bits per heavy atom. The molecule has 0 fully saturated rings. The molecular weight excluding hydrogens is 276 g/mol. The number of nitrogens with two attached hydrogens (primary N) is 1. The molecule has 0 spiro atoms. The van der Waals surface area contributed by atoms with E-state index in [0.29, 0.717) is 16.3 Å². The number of hydrogen-bond donors (Lipinski definition) is 3. The van der Waals surface area contributed by atoms with Gasteiger partial charge in [0.15, 0.2) is 0 Å². The maximum Gasteiger partial charge on any atom is 0.303 e. The normalized spacial score (nSPS) is 9.83. The number of carboxylic acids is 1. The van der Waals surface area contributed by atoms with E-state index in [-0.39, 0.29) is 17.8 Å². The second-order valence-corrected chi connectivity index (χ2v) is 4.35. The summed E-state index contributed by atoms with van der Waals surface area (Å²) >= 11 is 10.7. The van der Waals surface area contributed by atoms with Crippen LogP contribution in [0.3, 0.4) is 0 Å². The predicted molar refractivity (Wildman–Crippen MR) is 72.8 cm³/mol. The monoisotopic (exact) mass is 286 g/mol. The Morgan fingerprint density at radius 3 is 2.56 bits per heavy atom. The zero-order chi connectivity index (χ0) is 13.7. The molecule has 96 valence electrons. The molecule has 4 N–H and O–H groups in total. The molecule has 18 heavy (non-hydrogen) atoms. The molecule has 0 radical (unpaired) electrons. The molecule has 0 atom stereocenters. The van der Waals surface area contributed by atoms with Gasteiger partial charge in [-0.2, -0.15) is 0 Å². The fourth-order valence-corrected chi connectivity index (χ4v) is 1.75. The Kier molecular flexibility index (Phi) is 5.06. The van der Waals surface area contributed by atoms with Crippen LogP contribution in [0.15, 0.2) is 18.2 Å². The van der Waals surface area contributed by atoms with Crippen molar-refractivity contribution in [3.63, 3.8) is 0 Å². The number of aliphatic carboxylic acids is 1. The average molecular weight is 287 g/mol. The van der Waals surface area contributed by atoms with Gasteiger partial charge in [-0.25, -0.2) is 0 Å². The topological polar surface area (TPSA) is 92.4 Å². The molecule has 0 bridgehead atoms. The van der Waals surface area contributed by atoms with E-state index in [4.69, 9.17) is 34.7 Å². The van der Waals surface area contributed by atoms with Gasteiger partial charge in [-0.05, 0) is 18.2 Å². The minimum absolute atomic E-state index is 0.0932. The van der Waals surface area contributed by atoms with E-state index in [0.717, 1.165) is 0 Å². The summed E-state index contributed by atoms with van der Waals surface area (Å²) in [7, 11) is 0. The highest BCUT2D eigenvalue weighted by molar-refractivity contribution is 7.80. The van der Waals surface area contributed by atoms with E-state index in [1.54, 1.807) is 12.1 Å². The summed E-state index contributed by atoms with van der Waals surface area (Å²) < 4.78 is 0. The van der Waals surface area contributed by atoms with Crippen LogP contribution in [0.2, 0.25) is 5.02 Å². The fraction of sp³-hybridized carbons (Fsp3) is 0.182. The van der Waals surface area contributed by atoms with E-state index in [1.165, 1.54) is 6.07 Å². The summed E-state index contributed by atoms with van der Waals surface area (Å²) in [6.45, 7) is 0. The number of benzene rings is 1. The zero-order valence-electron chi connectivity index (χ0n) is 9.27. The van der Waals surface area contributed by atoms with Gasteiger partial charge in [-0.1, -0.05) is 23.8 Å².